The highest BCUT2D eigenvalue weighted by molar-refractivity contribution is 5.92. The van der Waals surface area contributed by atoms with Crippen molar-refractivity contribution in [2.45, 2.75) is 18.9 Å². The fraction of sp³-hybridized carbons (Fsp3) is 0.389. The van der Waals surface area contributed by atoms with Crippen molar-refractivity contribution in [3.05, 3.63) is 42.1 Å². The lowest BCUT2D eigenvalue weighted by molar-refractivity contribution is 0.0596. The SMILES string of the molecule is COC(=O)c1ccc(NC2CCN(c3ccccn3)CC2)nc1OC. The van der Waals surface area contributed by atoms with E-state index in [-0.39, 0.29) is 5.88 Å². The molecule has 0 unspecified atom stereocenters. The molecule has 0 amide bonds. The number of esters is 1. The van der Waals surface area contributed by atoms with Crippen LogP contribution in [-0.4, -0.2) is 49.3 Å². The Morgan fingerprint density at radius 3 is 2.64 bits per heavy atom. The summed E-state index contributed by atoms with van der Waals surface area (Å²) < 4.78 is 9.94. The summed E-state index contributed by atoms with van der Waals surface area (Å²) in [6, 6.07) is 9.73. The maximum absolute atomic E-state index is 11.7. The second kappa shape index (κ2) is 7.83. The molecule has 0 bridgehead atoms. The lowest BCUT2D eigenvalue weighted by atomic mass is 10.0. The zero-order chi connectivity index (χ0) is 17.6. The topological polar surface area (TPSA) is 76.6 Å². The summed E-state index contributed by atoms with van der Waals surface area (Å²) in [5.74, 6) is 1.52. The van der Waals surface area contributed by atoms with E-state index < -0.39 is 5.97 Å². The Morgan fingerprint density at radius 2 is 2.00 bits per heavy atom. The summed E-state index contributed by atoms with van der Waals surface area (Å²) in [5, 5.41) is 3.42. The molecule has 1 N–H and O–H groups in total. The Balaban J connectivity index is 1.61. The first-order valence-electron chi connectivity index (χ1n) is 8.27. The van der Waals surface area contributed by atoms with Crippen LogP contribution in [0.25, 0.3) is 0 Å². The number of ether oxygens (including phenoxy) is 2. The second-order valence-corrected chi connectivity index (χ2v) is 5.84. The van der Waals surface area contributed by atoms with E-state index in [0.717, 1.165) is 31.7 Å². The summed E-state index contributed by atoms with van der Waals surface area (Å²) in [7, 11) is 2.83. The number of nitrogens with zero attached hydrogens (tertiary/aromatic N) is 3. The number of aromatic nitrogens is 2. The average Bonchev–Trinajstić information content (AvgIpc) is 2.68. The maximum Gasteiger partial charge on any atom is 0.343 e. The van der Waals surface area contributed by atoms with Crippen LogP contribution in [0.4, 0.5) is 11.6 Å². The maximum atomic E-state index is 11.7. The number of carbonyl (C=O) groups is 1. The molecule has 0 saturated carbocycles. The zero-order valence-electron chi connectivity index (χ0n) is 14.4. The van der Waals surface area contributed by atoms with Crippen molar-refractivity contribution in [2.24, 2.45) is 0 Å². The summed E-state index contributed by atoms with van der Waals surface area (Å²) in [4.78, 5) is 22.7. The van der Waals surface area contributed by atoms with Gasteiger partial charge in [0, 0.05) is 25.3 Å². The molecule has 1 saturated heterocycles. The molecule has 1 fully saturated rings. The van der Waals surface area contributed by atoms with Crippen LogP contribution in [-0.2, 0) is 4.74 Å². The van der Waals surface area contributed by atoms with Gasteiger partial charge in [0.1, 0.15) is 17.2 Å². The molecule has 3 heterocycles. The Kier molecular flexibility index (Phi) is 5.33. The molecule has 2 aromatic heterocycles. The van der Waals surface area contributed by atoms with Gasteiger partial charge in [0.05, 0.1) is 14.2 Å². The van der Waals surface area contributed by atoms with Crippen molar-refractivity contribution >= 4 is 17.6 Å². The fourth-order valence-corrected chi connectivity index (χ4v) is 2.94. The van der Waals surface area contributed by atoms with Crippen LogP contribution in [0.2, 0.25) is 0 Å². The Labute approximate surface area is 147 Å². The number of methoxy groups -OCH3 is 2. The van der Waals surface area contributed by atoms with Gasteiger partial charge in [0.25, 0.3) is 0 Å². The van der Waals surface area contributed by atoms with Gasteiger partial charge in [0.15, 0.2) is 0 Å². The average molecular weight is 342 g/mol. The number of hydrogen-bond donors (Lipinski definition) is 1. The molecule has 1 aliphatic heterocycles. The molecule has 0 aromatic carbocycles. The van der Waals surface area contributed by atoms with Gasteiger partial charge in [-0.3, -0.25) is 0 Å². The van der Waals surface area contributed by atoms with Crippen molar-refractivity contribution in [2.75, 3.05) is 37.5 Å². The largest absolute Gasteiger partial charge is 0.480 e. The highest BCUT2D eigenvalue weighted by Gasteiger charge is 2.21. The van der Waals surface area contributed by atoms with Crippen molar-refractivity contribution in [1.29, 1.82) is 0 Å². The first kappa shape index (κ1) is 17.0. The third-order valence-electron chi connectivity index (χ3n) is 4.28. The van der Waals surface area contributed by atoms with Crippen LogP contribution in [0.15, 0.2) is 36.5 Å². The highest BCUT2D eigenvalue weighted by Crippen LogP contribution is 2.23. The van der Waals surface area contributed by atoms with Crippen LogP contribution in [0.3, 0.4) is 0 Å². The number of hydrogen-bond acceptors (Lipinski definition) is 7. The molecule has 0 aliphatic carbocycles. The first-order valence-corrected chi connectivity index (χ1v) is 8.27. The molecule has 0 atom stereocenters. The molecular weight excluding hydrogens is 320 g/mol. The number of anilines is 2. The van der Waals surface area contributed by atoms with Gasteiger partial charge in [-0.25, -0.2) is 9.78 Å². The van der Waals surface area contributed by atoms with Gasteiger partial charge < -0.3 is 19.7 Å². The van der Waals surface area contributed by atoms with E-state index in [1.807, 2.05) is 24.4 Å². The van der Waals surface area contributed by atoms with Gasteiger partial charge in [-0.1, -0.05) is 6.07 Å². The smallest absolute Gasteiger partial charge is 0.343 e. The molecule has 25 heavy (non-hydrogen) atoms. The van der Waals surface area contributed by atoms with Crippen LogP contribution in [0.1, 0.15) is 23.2 Å². The number of pyridine rings is 2. The normalized spacial score (nSPS) is 14.9. The summed E-state index contributed by atoms with van der Waals surface area (Å²) >= 11 is 0. The Hall–Kier alpha value is -2.83. The molecule has 0 spiro atoms. The quantitative estimate of drug-likeness (QED) is 0.836. The monoisotopic (exact) mass is 342 g/mol. The first-order chi connectivity index (χ1) is 12.2. The van der Waals surface area contributed by atoms with Crippen LogP contribution < -0.4 is 15.0 Å². The molecule has 132 valence electrons. The Bertz CT molecular complexity index is 716. The van der Waals surface area contributed by atoms with Crippen LogP contribution >= 0.6 is 0 Å². The number of carbonyl (C=O) groups excluding carboxylic acids is 1. The third-order valence-corrected chi connectivity index (χ3v) is 4.28. The minimum absolute atomic E-state index is 0.266. The van der Waals surface area contributed by atoms with Crippen molar-refractivity contribution in [3.63, 3.8) is 0 Å². The predicted molar refractivity (Wildman–Crippen MR) is 95.2 cm³/mol. The van der Waals surface area contributed by atoms with E-state index in [1.165, 1.54) is 14.2 Å². The van der Waals surface area contributed by atoms with E-state index >= 15 is 0 Å². The van der Waals surface area contributed by atoms with Gasteiger partial charge in [-0.15, -0.1) is 0 Å². The van der Waals surface area contributed by atoms with Crippen molar-refractivity contribution < 1.29 is 14.3 Å². The lowest BCUT2D eigenvalue weighted by Gasteiger charge is -2.33. The minimum Gasteiger partial charge on any atom is -0.480 e. The summed E-state index contributed by atoms with van der Waals surface area (Å²) in [6.45, 7) is 1.87. The highest BCUT2D eigenvalue weighted by atomic mass is 16.5. The third kappa shape index (κ3) is 3.99. The molecular formula is C18H22N4O3. The second-order valence-electron chi connectivity index (χ2n) is 5.84. The molecule has 1 aliphatic rings. The number of nitrogens with one attached hydrogen (secondary N) is 1. The van der Waals surface area contributed by atoms with Gasteiger partial charge in [-0.2, -0.15) is 4.98 Å². The molecule has 3 rings (SSSR count). The van der Waals surface area contributed by atoms with E-state index in [0.29, 0.717) is 17.4 Å². The van der Waals surface area contributed by atoms with E-state index in [9.17, 15) is 4.79 Å². The number of rotatable bonds is 5. The molecule has 7 nitrogen and oxygen atoms in total. The molecule has 7 heteroatoms. The van der Waals surface area contributed by atoms with Crippen molar-refractivity contribution in [3.8, 4) is 5.88 Å². The van der Waals surface area contributed by atoms with Crippen molar-refractivity contribution in [1.82, 2.24) is 9.97 Å². The standard InChI is InChI=1S/C18H22N4O3/c1-24-17-14(18(23)25-2)6-7-15(21-17)20-13-8-11-22(12-9-13)16-5-3-4-10-19-16/h3-7,10,13H,8-9,11-12H2,1-2H3,(H,20,21). The van der Waals surface area contributed by atoms with E-state index in [2.05, 4.69) is 20.2 Å². The van der Waals surface area contributed by atoms with Gasteiger partial charge in [0.2, 0.25) is 5.88 Å². The predicted octanol–water partition coefficient (Wildman–Crippen LogP) is 2.35. The lowest BCUT2D eigenvalue weighted by Crippen LogP contribution is -2.39. The van der Waals surface area contributed by atoms with E-state index in [4.69, 9.17) is 9.47 Å². The minimum atomic E-state index is -0.459. The summed E-state index contributed by atoms with van der Waals surface area (Å²) in [5.41, 5.74) is 0.320. The van der Waals surface area contributed by atoms with Gasteiger partial charge in [-0.05, 0) is 37.1 Å². The summed E-state index contributed by atoms with van der Waals surface area (Å²) in [6.07, 6.45) is 3.79. The van der Waals surface area contributed by atoms with Gasteiger partial charge >= 0.3 is 5.97 Å². The zero-order valence-corrected chi connectivity index (χ0v) is 14.4. The van der Waals surface area contributed by atoms with Crippen LogP contribution in [0, 0.1) is 0 Å². The molecule has 2 aromatic rings. The van der Waals surface area contributed by atoms with Crippen LogP contribution in [0.5, 0.6) is 5.88 Å². The fourth-order valence-electron chi connectivity index (χ4n) is 2.94. The molecule has 0 radical (unpaired) electrons. The number of piperidine rings is 1. The Morgan fingerprint density at radius 1 is 1.20 bits per heavy atom. The van der Waals surface area contributed by atoms with E-state index in [1.54, 1.807) is 12.1 Å².